The molecule has 2 aromatic heterocycles. The molecule has 9 nitrogen and oxygen atoms in total. The zero-order chi connectivity index (χ0) is 17.8. The Balaban J connectivity index is 1.58. The van der Waals surface area contributed by atoms with Crippen LogP contribution < -0.4 is 0 Å². The van der Waals surface area contributed by atoms with Crippen LogP contribution in [0.2, 0.25) is 0 Å². The third-order valence-electron chi connectivity index (χ3n) is 3.80. The third kappa shape index (κ3) is 3.54. The Bertz CT molecular complexity index is 759. The van der Waals surface area contributed by atoms with Gasteiger partial charge in [-0.1, -0.05) is 5.16 Å². The number of esters is 1. The number of aromatic nitrogens is 1. The summed E-state index contributed by atoms with van der Waals surface area (Å²) < 4.78 is 15.0. The van der Waals surface area contributed by atoms with E-state index >= 15 is 0 Å². The molecule has 0 aromatic carbocycles. The lowest BCUT2D eigenvalue weighted by molar-refractivity contribution is -0.160. The molecule has 2 amide bonds. The molecule has 25 heavy (non-hydrogen) atoms. The van der Waals surface area contributed by atoms with Gasteiger partial charge in [0.25, 0.3) is 5.91 Å². The van der Waals surface area contributed by atoms with E-state index in [4.69, 9.17) is 13.7 Å². The van der Waals surface area contributed by atoms with Gasteiger partial charge in [-0.25, -0.2) is 4.79 Å². The van der Waals surface area contributed by atoms with E-state index in [-0.39, 0.29) is 31.3 Å². The van der Waals surface area contributed by atoms with E-state index < -0.39 is 11.9 Å². The highest BCUT2D eigenvalue weighted by molar-refractivity contribution is 6.32. The van der Waals surface area contributed by atoms with Crippen molar-refractivity contribution in [3.8, 4) is 11.5 Å². The molecule has 1 aliphatic heterocycles. The van der Waals surface area contributed by atoms with E-state index in [1.807, 2.05) is 0 Å². The lowest BCUT2D eigenvalue weighted by Gasteiger charge is -2.33. The Kier molecular flexibility index (Phi) is 4.82. The summed E-state index contributed by atoms with van der Waals surface area (Å²) in [6.07, 6.45) is 1.50. The highest BCUT2D eigenvalue weighted by Gasteiger charge is 2.30. The van der Waals surface area contributed by atoms with Crippen LogP contribution in [0.4, 0.5) is 0 Å². The number of ether oxygens (including phenoxy) is 1. The molecule has 0 aliphatic carbocycles. The monoisotopic (exact) mass is 347 g/mol. The molecule has 2 aromatic rings. The van der Waals surface area contributed by atoms with Crippen LogP contribution >= 0.6 is 0 Å². The van der Waals surface area contributed by atoms with Gasteiger partial charge in [0.05, 0.1) is 12.9 Å². The number of furan rings is 1. The minimum Gasteiger partial charge on any atom is -0.461 e. The first-order chi connectivity index (χ1) is 12.1. The number of hydrogen-bond donors (Lipinski definition) is 0. The molecule has 0 bridgehead atoms. The maximum Gasteiger partial charge on any atom is 0.397 e. The van der Waals surface area contributed by atoms with Crippen molar-refractivity contribution in [3.05, 3.63) is 30.2 Å². The van der Waals surface area contributed by atoms with E-state index in [9.17, 15) is 14.4 Å². The van der Waals surface area contributed by atoms with Crippen molar-refractivity contribution in [2.24, 2.45) is 0 Å². The van der Waals surface area contributed by atoms with Gasteiger partial charge >= 0.3 is 11.9 Å². The van der Waals surface area contributed by atoms with E-state index in [2.05, 4.69) is 5.16 Å². The first-order valence-corrected chi connectivity index (χ1v) is 7.86. The van der Waals surface area contributed by atoms with Crippen molar-refractivity contribution in [2.75, 3.05) is 32.8 Å². The maximum absolute atomic E-state index is 12.5. The van der Waals surface area contributed by atoms with Gasteiger partial charge in [0.2, 0.25) is 5.76 Å². The van der Waals surface area contributed by atoms with Crippen molar-refractivity contribution in [1.82, 2.24) is 15.0 Å². The van der Waals surface area contributed by atoms with Crippen LogP contribution in [0.15, 0.2) is 33.4 Å². The lowest BCUT2D eigenvalue weighted by Crippen LogP contribution is -2.52. The molecular formula is C16H17N3O6. The van der Waals surface area contributed by atoms with E-state index in [1.165, 1.54) is 17.2 Å². The van der Waals surface area contributed by atoms with Crippen LogP contribution in [0.5, 0.6) is 0 Å². The zero-order valence-electron chi connectivity index (χ0n) is 13.6. The minimum atomic E-state index is -0.873. The number of hydrogen-bond acceptors (Lipinski definition) is 7. The summed E-state index contributed by atoms with van der Waals surface area (Å²) >= 11 is 0. The normalized spacial score (nSPS) is 14.4. The van der Waals surface area contributed by atoms with Gasteiger partial charge in [-0.3, -0.25) is 9.59 Å². The molecular weight excluding hydrogens is 330 g/mol. The molecule has 0 saturated carbocycles. The SMILES string of the molecule is CCOC(=O)C(=O)N1CCN(C(=O)c2cc(-c3ccco3)on2)CC1. The maximum atomic E-state index is 12.5. The molecule has 0 spiro atoms. The summed E-state index contributed by atoms with van der Waals surface area (Å²) in [6.45, 7) is 2.89. The van der Waals surface area contributed by atoms with Crippen molar-refractivity contribution in [1.29, 1.82) is 0 Å². The second kappa shape index (κ2) is 7.20. The number of amides is 2. The van der Waals surface area contributed by atoms with Crippen LogP contribution in [0, 0.1) is 0 Å². The Morgan fingerprint density at radius 3 is 2.52 bits per heavy atom. The average molecular weight is 347 g/mol. The summed E-state index contributed by atoms with van der Waals surface area (Å²) in [6, 6.07) is 4.92. The average Bonchev–Trinajstić information content (AvgIpc) is 3.32. The van der Waals surface area contributed by atoms with Gasteiger partial charge in [-0.2, -0.15) is 0 Å². The van der Waals surface area contributed by atoms with E-state index in [0.29, 0.717) is 24.6 Å². The van der Waals surface area contributed by atoms with Crippen molar-refractivity contribution >= 4 is 17.8 Å². The Morgan fingerprint density at radius 1 is 1.16 bits per heavy atom. The Labute approximate surface area is 143 Å². The number of carbonyl (C=O) groups excluding carboxylic acids is 3. The molecule has 0 atom stereocenters. The molecule has 3 heterocycles. The number of carbonyl (C=O) groups is 3. The van der Waals surface area contributed by atoms with Crippen LogP contribution in [0.3, 0.4) is 0 Å². The molecule has 0 unspecified atom stereocenters. The first-order valence-electron chi connectivity index (χ1n) is 7.86. The fraction of sp³-hybridized carbons (Fsp3) is 0.375. The van der Waals surface area contributed by atoms with Crippen molar-refractivity contribution < 1.29 is 28.1 Å². The van der Waals surface area contributed by atoms with Crippen LogP contribution in [-0.2, 0) is 14.3 Å². The zero-order valence-corrected chi connectivity index (χ0v) is 13.6. The molecule has 1 aliphatic rings. The second-order valence-corrected chi connectivity index (χ2v) is 5.36. The number of piperazine rings is 1. The largest absolute Gasteiger partial charge is 0.461 e. The minimum absolute atomic E-state index is 0.146. The van der Waals surface area contributed by atoms with Gasteiger partial charge in [0, 0.05) is 32.2 Å². The molecule has 1 saturated heterocycles. The summed E-state index contributed by atoms with van der Waals surface area (Å²) in [7, 11) is 0. The topological polar surface area (TPSA) is 106 Å². The summed E-state index contributed by atoms with van der Waals surface area (Å²) in [5, 5.41) is 3.77. The third-order valence-corrected chi connectivity index (χ3v) is 3.80. The first kappa shape index (κ1) is 16.7. The van der Waals surface area contributed by atoms with Crippen LogP contribution in [0.1, 0.15) is 17.4 Å². The van der Waals surface area contributed by atoms with E-state index in [0.717, 1.165) is 0 Å². The predicted molar refractivity (Wildman–Crippen MR) is 83.3 cm³/mol. The van der Waals surface area contributed by atoms with Gasteiger partial charge in [0.1, 0.15) is 0 Å². The molecule has 0 radical (unpaired) electrons. The molecule has 9 heteroatoms. The van der Waals surface area contributed by atoms with Gasteiger partial charge < -0.3 is 23.5 Å². The Morgan fingerprint density at radius 2 is 1.88 bits per heavy atom. The van der Waals surface area contributed by atoms with Crippen molar-refractivity contribution in [2.45, 2.75) is 6.92 Å². The fourth-order valence-corrected chi connectivity index (χ4v) is 2.51. The molecule has 132 valence electrons. The summed E-state index contributed by atoms with van der Waals surface area (Å²) in [4.78, 5) is 38.8. The second-order valence-electron chi connectivity index (χ2n) is 5.36. The highest BCUT2D eigenvalue weighted by atomic mass is 16.5. The summed E-state index contributed by atoms with van der Waals surface area (Å²) in [5.41, 5.74) is 0.163. The van der Waals surface area contributed by atoms with Gasteiger partial charge in [0.15, 0.2) is 11.5 Å². The quantitative estimate of drug-likeness (QED) is 0.596. The fourth-order valence-electron chi connectivity index (χ4n) is 2.51. The van der Waals surface area contributed by atoms with Gasteiger partial charge in [-0.15, -0.1) is 0 Å². The smallest absolute Gasteiger partial charge is 0.397 e. The molecule has 3 rings (SSSR count). The molecule has 0 N–H and O–H groups in total. The number of nitrogens with zero attached hydrogens (tertiary/aromatic N) is 3. The predicted octanol–water partition coefficient (Wildman–Crippen LogP) is 0.782. The Hall–Kier alpha value is -3.10. The molecule has 1 fully saturated rings. The van der Waals surface area contributed by atoms with Crippen LogP contribution in [-0.4, -0.2) is 65.5 Å². The van der Waals surface area contributed by atoms with E-state index in [1.54, 1.807) is 24.0 Å². The number of rotatable bonds is 3. The highest BCUT2D eigenvalue weighted by Crippen LogP contribution is 2.21. The lowest BCUT2D eigenvalue weighted by atomic mass is 10.2. The summed E-state index contributed by atoms with van der Waals surface area (Å²) in [5.74, 6) is -1.01. The van der Waals surface area contributed by atoms with Crippen molar-refractivity contribution in [3.63, 3.8) is 0 Å². The van der Waals surface area contributed by atoms with Crippen LogP contribution in [0.25, 0.3) is 11.5 Å². The standard InChI is InChI=1S/C16H17N3O6/c1-2-23-16(22)15(21)19-7-5-18(6-8-19)14(20)11-10-13(25-17-11)12-4-3-9-24-12/h3-4,9-10H,2,5-8H2,1H3. The van der Waals surface area contributed by atoms with Gasteiger partial charge in [-0.05, 0) is 19.1 Å².